The van der Waals surface area contributed by atoms with Crippen LogP contribution in [0.3, 0.4) is 0 Å². The van der Waals surface area contributed by atoms with Crippen LogP contribution in [-0.2, 0) is 0 Å². The summed E-state index contributed by atoms with van der Waals surface area (Å²) in [5.74, 6) is -0.00468. The standard InChI is InChI=1S/C16H26N2O/c1-6-16(5,7-2)18-15(19)13-10-8-9-11-14(13)17-12(3)4/h8-12,17H,6-7H2,1-5H3,(H,18,19). The molecule has 2 N–H and O–H groups in total. The molecule has 0 aliphatic rings. The fourth-order valence-corrected chi connectivity index (χ4v) is 1.89. The van der Waals surface area contributed by atoms with Gasteiger partial charge in [0.1, 0.15) is 0 Å². The normalized spacial score (nSPS) is 11.5. The van der Waals surface area contributed by atoms with Gasteiger partial charge >= 0.3 is 0 Å². The van der Waals surface area contributed by atoms with E-state index in [1.807, 2.05) is 24.3 Å². The Bertz CT molecular complexity index is 423. The summed E-state index contributed by atoms with van der Waals surface area (Å²) in [4.78, 5) is 12.4. The first-order valence-corrected chi connectivity index (χ1v) is 7.10. The molecule has 0 saturated carbocycles. The minimum Gasteiger partial charge on any atom is -0.382 e. The minimum absolute atomic E-state index is 0.00468. The molecular weight excluding hydrogens is 236 g/mol. The monoisotopic (exact) mass is 262 g/mol. The average Bonchev–Trinajstić information content (AvgIpc) is 2.38. The Morgan fingerprint density at radius 3 is 2.32 bits per heavy atom. The summed E-state index contributed by atoms with van der Waals surface area (Å²) < 4.78 is 0. The smallest absolute Gasteiger partial charge is 0.253 e. The highest BCUT2D eigenvalue weighted by Crippen LogP contribution is 2.19. The Labute approximate surface area is 116 Å². The molecule has 3 heteroatoms. The number of amides is 1. The van der Waals surface area contributed by atoms with Gasteiger partial charge in [-0.3, -0.25) is 4.79 Å². The SMILES string of the molecule is CCC(C)(CC)NC(=O)c1ccccc1NC(C)C. The van der Waals surface area contributed by atoms with Gasteiger partial charge in [0.25, 0.3) is 5.91 Å². The molecule has 3 nitrogen and oxygen atoms in total. The summed E-state index contributed by atoms with van der Waals surface area (Å²) in [6.45, 7) is 10.4. The lowest BCUT2D eigenvalue weighted by Crippen LogP contribution is -2.45. The summed E-state index contributed by atoms with van der Waals surface area (Å²) in [5, 5.41) is 6.46. The summed E-state index contributed by atoms with van der Waals surface area (Å²) >= 11 is 0. The van der Waals surface area contributed by atoms with Gasteiger partial charge in [0, 0.05) is 17.3 Å². The summed E-state index contributed by atoms with van der Waals surface area (Å²) in [6, 6.07) is 7.96. The molecule has 1 aromatic carbocycles. The van der Waals surface area contributed by atoms with Crippen LogP contribution >= 0.6 is 0 Å². The van der Waals surface area contributed by atoms with E-state index in [0.717, 1.165) is 18.5 Å². The largest absolute Gasteiger partial charge is 0.382 e. The van der Waals surface area contributed by atoms with Crippen molar-refractivity contribution in [3.63, 3.8) is 0 Å². The van der Waals surface area contributed by atoms with Crippen LogP contribution in [0, 0.1) is 0 Å². The third-order valence-corrected chi connectivity index (χ3v) is 3.59. The Morgan fingerprint density at radius 1 is 1.21 bits per heavy atom. The zero-order valence-corrected chi connectivity index (χ0v) is 12.7. The van der Waals surface area contributed by atoms with Gasteiger partial charge in [-0.1, -0.05) is 26.0 Å². The number of anilines is 1. The van der Waals surface area contributed by atoms with Gasteiger partial charge in [-0.25, -0.2) is 0 Å². The number of benzene rings is 1. The maximum atomic E-state index is 12.4. The van der Waals surface area contributed by atoms with E-state index in [4.69, 9.17) is 0 Å². The van der Waals surface area contributed by atoms with Crippen LogP contribution in [0.25, 0.3) is 0 Å². The molecule has 0 heterocycles. The van der Waals surface area contributed by atoms with Crippen LogP contribution in [-0.4, -0.2) is 17.5 Å². The lowest BCUT2D eigenvalue weighted by Gasteiger charge is -2.28. The first-order valence-electron chi connectivity index (χ1n) is 7.10. The molecule has 0 spiro atoms. The summed E-state index contributed by atoms with van der Waals surface area (Å²) in [7, 11) is 0. The van der Waals surface area contributed by atoms with E-state index in [2.05, 4.69) is 45.3 Å². The van der Waals surface area contributed by atoms with Gasteiger partial charge in [-0.15, -0.1) is 0 Å². The van der Waals surface area contributed by atoms with Gasteiger partial charge in [-0.2, -0.15) is 0 Å². The molecule has 0 atom stereocenters. The van der Waals surface area contributed by atoms with Crippen molar-refractivity contribution in [1.29, 1.82) is 0 Å². The Morgan fingerprint density at radius 2 is 1.79 bits per heavy atom. The Balaban J connectivity index is 2.93. The number of rotatable bonds is 6. The molecule has 0 bridgehead atoms. The van der Waals surface area contributed by atoms with Crippen LogP contribution < -0.4 is 10.6 Å². The average molecular weight is 262 g/mol. The van der Waals surface area contributed by atoms with Crippen molar-refractivity contribution in [2.75, 3.05) is 5.32 Å². The third kappa shape index (κ3) is 4.27. The number of carbonyl (C=O) groups is 1. The number of para-hydroxylation sites is 1. The van der Waals surface area contributed by atoms with Gasteiger partial charge in [0.15, 0.2) is 0 Å². The minimum atomic E-state index is -0.137. The molecule has 1 rings (SSSR count). The highest BCUT2D eigenvalue weighted by molar-refractivity contribution is 6.00. The number of hydrogen-bond donors (Lipinski definition) is 2. The lowest BCUT2D eigenvalue weighted by atomic mass is 9.95. The van der Waals surface area contributed by atoms with Crippen LogP contribution in [0.1, 0.15) is 57.8 Å². The zero-order chi connectivity index (χ0) is 14.5. The van der Waals surface area contributed by atoms with E-state index in [0.29, 0.717) is 11.6 Å². The Hall–Kier alpha value is -1.51. The fraction of sp³-hybridized carbons (Fsp3) is 0.562. The lowest BCUT2D eigenvalue weighted by molar-refractivity contribution is 0.0902. The quantitative estimate of drug-likeness (QED) is 0.818. The van der Waals surface area contributed by atoms with Crippen LogP contribution in [0.15, 0.2) is 24.3 Å². The molecule has 0 aliphatic carbocycles. The van der Waals surface area contributed by atoms with Crippen LogP contribution in [0.2, 0.25) is 0 Å². The second-order valence-corrected chi connectivity index (χ2v) is 5.57. The first kappa shape index (κ1) is 15.5. The van der Waals surface area contributed by atoms with Crippen molar-refractivity contribution >= 4 is 11.6 Å². The number of carbonyl (C=O) groups excluding carboxylic acids is 1. The van der Waals surface area contributed by atoms with Crippen molar-refractivity contribution in [2.45, 2.75) is 59.0 Å². The Kier molecular flexibility index (Phi) is 5.40. The second kappa shape index (κ2) is 6.60. The van der Waals surface area contributed by atoms with Gasteiger partial charge in [0.05, 0.1) is 5.56 Å². The number of hydrogen-bond acceptors (Lipinski definition) is 2. The highest BCUT2D eigenvalue weighted by Gasteiger charge is 2.23. The van der Waals surface area contributed by atoms with Crippen molar-refractivity contribution < 1.29 is 4.79 Å². The van der Waals surface area contributed by atoms with Crippen molar-refractivity contribution in [2.24, 2.45) is 0 Å². The molecule has 0 unspecified atom stereocenters. The van der Waals surface area contributed by atoms with Crippen molar-refractivity contribution in [3.05, 3.63) is 29.8 Å². The van der Waals surface area contributed by atoms with Crippen molar-refractivity contribution in [3.8, 4) is 0 Å². The van der Waals surface area contributed by atoms with E-state index in [1.165, 1.54) is 0 Å². The highest BCUT2D eigenvalue weighted by atomic mass is 16.1. The van der Waals surface area contributed by atoms with E-state index < -0.39 is 0 Å². The van der Waals surface area contributed by atoms with Crippen molar-refractivity contribution in [1.82, 2.24) is 5.32 Å². The van der Waals surface area contributed by atoms with Crippen LogP contribution in [0.4, 0.5) is 5.69 Å². The maximum Gasteiger partial charge on any atom is 0.253 e. The third-order valence-electron chi connectivity index (χ3n) is 3.59. The molecule has 106 valence electrons. The zero-order valence-electron chi connectivity index (χ0n) is 12.7. The number of nitrogens with one attached hydrogen (secondary N) is 2. The maximum absolute atomic E-state index is 12.4. The van der Waals surface area contributed by atoms with Gasteiger partial charge < -0.3 is 10.6 Å². The van der Waals surface area contributed by atoms with Gasteiger partial charge in [-0.05, 0) is 45.7 Å². The van der Waals surface area contributed by atoms with E-state index in [9.17, 15) is 4.79 Å². The molecule has 0 radical (unpaired) electrons. The van der Waals surface area contributed by atoms with E-state index in [-0.39, 0.29) is 11.4 Å². The fourth-order valence-electron chi connectivity index (χ4n) is 1.89. The predicted octanol–water partition coefficient (Wildman–Crippen LogP) is 3.82. The van der Waals surface area contributed by atoms with Crippen LogP contribution in [0.5, 0.6) is 0 Å². The van der Waals surface area contributed by atoms with Gasteiger partial charge in [0.2, 0.25) is 0 Å². The molecule has 1 aromatic rings. The molecular formula is C16H26N2O. The van der Waals surface area contributed by atoms with E-state index in [1.54, 1.807) is 0 Å². The van der Waals surface area contributed by atoms with E-state index >= 15 is 0 Å². The summed E-state index contributed by atoms with van der Waals surface area (Å²) in [5.41, 5.74) is 1.47. The molecule has 0 saturated heterocycles. The summed E-state index contributed by atoms with van der Waals surface area (Å²) in [6.07, 6.45) is 1.85. The molecule has 0 aliphatic heterocycles. The second-order valence-electron chi connectivity index (χ2n) is 5.57. The molecule has 0 fully saturated rings. The first-order chi connectivity index (χ1) is 8.91. The molecule has 19 heavy (non-hydrogen) atoms. The molecule has 1 amide bonds. The topological polar surface area (TPSA) is 41.1 Å². The predicted molar refractivity (Wildman–Crippen MR) is 81.7 cm³/mol. The molecule has 0 aromatic heterocycles.